The molecule has 1 atom stereocenters. The summed E-state index contributed by atoms with van der Waals surface area (Å²) in [6.07, 6.45) is 0. The summed E-state index contributed by atoms with van der Waals surface area (Å²) < 4.78 is 5.34. The Kier molecular flexibility index (Phi) is 6.90. The van der Waals surface area contributed by atoms with Gasteiger partial charge in [0.1, 0.15) is 13.1 Å². The number of benzene rings is 2. The molecule has 6 heteroatoms. The molecule has 1 aliphatic heterocycles. The number of esters is 1. The molecule has 158 valence electrons. The smallest absolute Gasteiger partial charge is 0.338 e. The summed E-state index contributed by atoms with van der Waals surface area (Å²) in [4.78, 5) is 25.3. The van der Waals surface area contributed by atoms with Crippen molar-refractivity contribution in [1.29, 1.82) is 0 Å². The molecule has 2 aromatic rings. The molecule has 0 saturated heterocycles. The zero-order chi connectivity index (χ0) is 21.7. The summed E-state index contributed by atoms with van der Waals surface area (Å²) >= 11 is 0. The first-order chi connectivity index (χ1) is 14.4. The highest BCUT2D eigenvalue weighted by molar-refractivity contribution is 5.95. The maximum absolute atomic E-state index is 12.9. The molecule has 0 unspecified atom stereocenters. The van der Waals surface area contributed by atoms with E-state index in [4.69, 9.17) is 4.74 Å². The second kappa shape index (κ2) is 9.59. The van der Waals surface area contributed by atoms with Gasteiger partial charge in [-0.05, 0) is 38.8 Å². The third kappa shape index (κ3) is 5.07. The van der Waals surface area contributed by atoms with Gasteiger partial charge in [0.25, 0.3) is 0 Å². The van der Waals surface area contributed by atoms with Gasteiger partial charge in [-0.25, -0.2) is 9.59 Å². The van der Waals surface area contributed by atoms with Crippen LogP contribution in [-0.4, -0.2) is 25.2 Å². The molecule has 6 nitrogen and oxygen atoms in total. The van der Waals surface area contributed by atoms with Crippen molar-refractivity contribution in [3.8, 4) is 0 Å². The highest BCUT2D eigenvalue weighted by Crippen LogP contribution is 2.30. The number of carbonyl (C=O) groups excluding carboxylic acids is 2. The van der Waals surface area contributed by atoms with E-state index in [1.807, 2.05) is 32.0 Å². The maximum Gasteiger partial charge on any atom is 0.338 e. The third-order valence-electron chi connectivity index (χ3n) is 5.24. The Bertz CT molecular complexity index is 964. The van der Waals surface area contributed by atoms with Crippen molar-refractivity contribution >= 4 is 12.0 Å². The van der Waals surface area contributed by atoms with Gasteiger partial charge in [0.2, 0.25) is 0 Å². The van der Waals surface area contributed by atoms with Crippen molar-refractivity contribution < 1.29 is 19.6 Å². The van der Waals surface area contributed by atoms with Crippen LogP contribution in [0.5, 0.6) is 0 Å². The van der Waals surface area contributed by atoms with Crippen LogP contribution in [0.2, 0.25) is 0 Å². The molecule has 4 N–H and O–H groups in total. The van der Waals surface area contributed by atoms with E-state index in [0.29, 0.717) is 17.8 Å². The van der Waals surface area contributed by atoms with Crippen LogP contribution in [0.25, 0.3) is 0 Å². The Morgan fingerprint density at radius 3 is 2.43 bits per heavy atom. The second-order valence-corrected chi connectivity index (χ2v) is 7.69. The average Bonchev–Trinajstić information content (AvgIpc) is 2.71. The van der Waals surface area contributed by atoms with Crippen LogP contribution in [0.1, 0.15) is 40.8 Å². The summed E-state index contributed by atoms with van der Waals surface area (Å²) in [5.74, 6) is -0.408. The van der Waals surface area contributed by atoms with Crippen LogP contribution in [0, 0.1) is 20.8 Å². The van der Waals surface area contributed by atoms with Gasteiger partial charge in [0.05, 0.1) is 23.9 Å². The van der Waals surface area contributed by atoms with Crippen molar-refractivity contribution in [3.63, 3.8) is 0 Å². The van der Waals surface area contributed by atoms with Crippen LogP contribution in [0.3, 0.4) is 0 Å². The largest absolute Gasteiger partial charge is 0.463 e. The highest BCUT2D eigenvalue weighted by atomic mass is 16.5. The lowest BCUT2D eigenvalue weighted by Gasteiger charge is -2.30. The van der Waals surface area contributed by atoms with Gasteiger partial charge in [0, 0.05) is 5.56 Å². The maximum atomic E-state index is 12.9. The lowest BCUT2D eigenvalue weighted by molar-refractivity contribution is -0.664. The fourth-order valence-corrected chi connectivity index (χ4v) is 3.64. The Hall–Kier alpha value is -3.12. The first kappa shape index (κ1) is 21.6. The Morgan fingerprint density at radius 2 is 1.73 bits per heavy atom. The van der Waals surface area contributed by atoms with E-state index >= 15 is 0 Å². The number of amides is 2. The van der Waals surface area contributed by atoms with Gasteiger partial charge in [-0.3, -0.25) is 0 Å². The standard InChI is InChI=1S/C24H29N3O3/c1-5-30-23(28)21-20(14-25-13-18-10-7-15(2)8-11-18)26-24(29)27-22(21)19-12-16(3)6-9-17(19)4/h6-12,22,25H,5,13-14H2,1-4H3,(H2,26,27,29)/p+1/t22-/m0/s1. The van der Waals surface area contributed by atoms with E-state index in [1.54, 1.807) is 6.92 Å². The molecular formula is C24H30N3O3+. The number of hydrogen-bond donors (Lipinski definition) is 3. The number of aryl methyl sites for hydroxylation is 3. The minimum absolute atomic E-state index is 0.274. The molecule has 0 fully saturated rings. The predicted molar refractivity (Wildman–Crippen MR) is 116 cm³/mol. The van der Waals surface area contributed by atoms with E-state index in [0.717, 1.165) is 23.2 Å². The molecule has 2 amide bonds. The van der Waals surface area contributed by atoms with E-state index in [1.165, 1.54) is 11.1 Å². The predicted octanol–water partition coefficient (Wildman–Crippen LogP) is 2.55. The fraction of sp³-hybridized carbons (Fsp3) is 0.333. The lowest BCUT2D eigenvalue weighted by Crippen LogP contribution is -2.84. The molecule has 1 heterocycles. The van der Waals surface area contributed by atoms with Crippen molar-refractivity contribution in [1.82, 2.24) is 10.6 Å². The van der Waals surface area contributed by atoms with E-state index < -0.39 is 12.0 Å². The zero-order valence-corrected chi connectivity index (χ0v) is 18.0. The molecule has 30 heavy (non-hydrogen) atoms. The number of carbonyl (C=O) groups is 2. The summed E-state index contributed by atoms with van der Waals surface area (Å²) in [5.41, 5.74) is 6.44. The third-order valence-corrected chi connectivity index (χ3v) is 5.24. The first-order valence-electron chi connectivity index (χ1n) is 10.3. The van der Waals surface area contributed by atoms with Gasteiger partial charge < -0.3 is 20.7 Å². The van der Waals surface area contributed by atoms with E-state index in [9.17, 15) is 9.59 Å². The number of quaternary nitrogens is 1. The normalized spacial score (nSPS) is 16.1. The van der Waals surface area contributed by atoms with Crippen LogP contribution in [0.15, 0.2) is 53.7 Å². The summed E-state index contributed by atoms with van der Waals surface area (Å²) in [7, 11) is 0. The molecule has 0 spiro atoms. The molecular weight excluding hydrogens is 378 g/mol. The molecule has 0 saturated carbocycles. The van der Waals surface area contributed by atoms with E-state index in [2.05, 4.69) is 47.1 Å². The van der Waals surface area contributed by atoms with Gasteiger partial charge in [-0.15, -0.1) is 0 Å². The van der Waals surface area contributed by atoms with Gasteiger partial charge in [-0.1, -0.05) is 53.6 Å². The molecule has 1 aliphatic rings. The fourth-order valence-electron chi connectivity index (χ4n) is 3.64. The van der Waals surface area contributed by atoms with Gasteiger partial charge >= 0.3 is 12.0 Å². The lowest BCUT2D eigenvalue weighted by atomic mass is 9.91. The Morgan fingerprint density at radius 1 is 1.03 bits per heavy atom. The number of hydrogen-bond acceptors (Lipinski definition) is 3. The van der Waals surface area contributed by atoms with Crippen LogP contribution in [0.4, 0.5) is 4.79 Å². The van der Waals surface area contributed by atoms with Crippen molar-refractivity contribution in [3.05, 3.63) is 81.6 Å². The van der Waals surface area contributed by atoms with Crippen LogP contribution in [-0.2, 0) is 16.1 Å². The number of ether oxygens (including phenoxy) is 1. The molecule has 2 aromatic carbocycles. The van der Waals surface area contributed by atoms with Gasteiger partial charge in [-0.2, -0.15) is 0 Å². The topological polar surface area (TPSA) is 84.0 Å². The number of rotatable bonds is 7. The average molecular weight is 409 g/mol. The van der Waals surface area contributed by atoms with Crippen molar-refractivity contribution in [2.24, 2.45) is 0 Å². The summed E-state index contributed by atoms with van der Waals surface area (Å²) in [6, 6.07) is 13.5. The minimum atomic E-state index is -0.541. The SMILES string of the molecule is CCOC(=O)C1=C(C[NH2+]Cc2ccc(C)cc2)NC(=O)N[C@H]1c1cc(C)ccc1C. The molecule has 0 aliphatic carbocycles. The molecule has 0 radical (unpaired) electrons. The van der Waals surface area contributed by atoms with Crippen molar-refractivity contribution in [2.45, 2.75) is 40.3 Å². The summed E-state index contributed by atoms with van der Waals surface area (Å²) in [6.45, 7) is 9.31. The Labute approximate surface area is 177 Å². The highest BCUT2D eigenvalue weighted by Gasteiger charge is 2.35. The monoisotopic (exact) mass is 408 g/mol. The number of nitrogens with two attached hydrogens (primary N) is 1. The van der Waals surface area contributed by atoms with Crippen LogP contribution < -0.4 is 16.0 Å². The first-order valence-corrected chi connectivity index (χ1v) is 10.3. The van der Waals surface area contributed by atoms with Crippen molar-refractivity contribution in [2.75, 3.05) is 13.2 Å². The minimum Gasteiger partial charge on any atom is -0.463 e. The number of nitrogens with one attached hydrogen (secondary N) is 2. The van der Waals surface area contributed by atoms with E-state index in [-0.39, 0.29) is 12.6 Å². The number of urea groups is 1. The Balaban J connectivity index is 1.91. The second-order valence-electron chi connectivity index (χ2n) is 7.69. The molecule has 0 aromatic heterocycles. The molecule has 3 rings (SSSR count). The molecule has 0 bridgehead atoms. The quantitative estimate of drug-likeness (QED) is 0.616. The van der Waals surface area contributed by atoms with Gasteiger partial charge in [0.15, 0.2) is 0 Å². The van der Waals surface area contributed by atoms with Crippen LogP contribution >= 0.6 is 0 Å². The zero-order valence-electron chi connectivity index (χ0n) is 18.0. The summed E-state index contributed by atoms with van der Waals surface area (Å²) in [5, 5.41) is 7.82.